The molecule has 31 heavy (non-hydrogen) atoms. The molecule has 160 valence electrons. The quantitative estimate of drug-likeness (QED) is 0.388. The van der Waals surface area contributed by atoms with Gasteiger partial charge in [0.2, 0.25) is 5.52 Å². The fourth-order valence-corrected chi connectivity index (χ4v) is 5.05. The van der Waals surface area contributed by atoms with E-state index in [1.165, 1.54) is 16.3 Å². The third-order valence-electron chi connectivity index (χ3n) is 5.21. The molecule has 0 aliphatic heterocycles. The maximum atomic E-state index is 12.9. The monoisotopic (exact) mass is 461 g/mol. The van der Waals surface area contributed by atoms with Crippen LogP contribution in [-0.2, 0) is 12.7 Å². The summed E-state index contributed by atoms with van der Waals surface area (Å²) in [6.07, 6.45) is 3.01. The van der Waals surface area contributed by atoms with E-state index >= 15 is 0 Å². The molecule has 0 radical (unpaired) electrons. The number of hydrogen-bond donors (Lipinski definition) is 1. The fourth-order valence-electron chi connectivity index (χ4n) is 3.62. The summed E-state index contributed by atoms with van der Waals surface area (Å²) in [6.45, 7) is 3.00. The number of anilines is 1. The Bertz CT molecular complexity index is 1200. The first-order chi connectivity index (χ1) is 14.9. The highest BCUT2D eigenvalue weighted by Crippen LogP contribution is 2.36. The fraction of sp³-hybridized carbons (Fsp3) is 0.208. The Balaban J connectivity index is 1.53. The Labute approximate surface area is 188 Å². The summed E-state index contributed by atoms with van der Waals surface area (Å²) < 4.78 is 42.2. The molecule has 0 spiro atoms. The van der Waals surface area contributed by atoms with E-state index in [0.717, 1.165) is 47.7 Å². The number of allylic oxidation sites excluding steroid dienone is 4. The van der Waals surface area contributed by atoms with Crippen LogP contribution in [0.25, 0.3) is 16.3 Å². The van der Waals surface area contributed by atoms with E-state index in [1.807, 2.05) is 18.2 Å². The molecule has 2 aromatic carbocycles. The highest BCUT2D eigenvalue weighted by atomic mass is 35.5. The van der Waals surface area contributed by atoms with Gasteiger partial charge in [0.05, 0.1) is 5.56 Å². The molecular weight excluding hydrogens is 441 g/mol. The number of nitrogens with one attached hydrogen (secondary N) is 1. The zero-order valence-corrected chi connectivity index (χ0v) is 18.4. The molecule has 2 nitrogen and oxygen atoms in total. The normalized spacial score (nSPS) is 16.2. The molecule has 0 saturated heterocycles. The van der Waals surface area contributed by atoms with Crippen molar-refractivity contribution in [2.75, 3.05) is 5.32 Å². The lowest BCUT2D eigenvalue weighted by Crippen LogP contribution is -2.33. The van der Waals surface area contributed by atoms with Gasteiger partial charge in [-0.2, -0.15) is 17.7 Å². The second kappa shape index (κ2) is 8.89. The second-order valence-electron chi connectivity index (χ2n) is 7.22. The van der Waals surface area contributed by atoms with Crippen molar-refractivity contribution in [3.63, 3.8) is 0 Å². The number of nitrogens with zero attached hydrogens (tertiary/aromatic N) is 1. The SMILES string of the molecule is CC[n+]1c(C=CC2=C(Cl)C(=CNc3cccc(C(F)(F)F)c3)CC2)sc2ccccc21. The van der Waals surface area contributed by atoms with Gasteiger partial charge in [-0.25, -0.2) is 0 Å². The van der Waals surface area contributed by atoms with E-state index < -0.39 is 11.7 Å². The summed E-state index contributed by atoms with van der Waals surface area (Å²) in [5.74, 6) is 0. The first kappa shape index (κ1) is 21.7. The molecule has 1 heterocycles. The van der Waals surface area contributed by atoms with Crippen LogP contribution in [0.1, 0.15) is 30.3 Å². The van der Waals surface area contributed by atoms with Crippen molar-refractivity contribution < 1.29 is 17.7 Å². The summed E-state index contributed by atoms with van der Waals surface area (Å²) in [7, 11) is 0. The number of alkyl halides is 3. The highest BCUT2D eigenvalue weighted by Gasteiger charge is 2.30. The molecule has 0 amide bonds. The topological polar surface area (TPSA) is 15.9 Å². The van der Waals surface area contributed by atoms with Gasteiger partial charge >= 0.3 is 6.18 Å². The Morgan fingerprint density at radius 3 is 2.68 bits per heavy atom. The predicted molar refractivity (Wildman–Crippen MR) is 122 cm³/mol. The molecule has 0 atom stereocenters. The summed E-state index contributed by atoms with van der Waals surface area (Å²) in [4.78, 5) is 0. The minimum atomic E-state index is -4.37. The van der Waals surface area contributed by atoms with Gasteiger partial charge < -0.3 is 5.32 Å². The zero-order chi connectivity index (χ0) is 22.0. The third kappa shape index (κ3) is 4.70. The van der Waals surface area contributed by atoms with E-state index in [1.54, 1.807) is 23.6 Å². The van der Waals surface area contributed by atoms with Crippen LogP contribution in [0.15, 0.2) is 77.0 Å². The Kier molecular flexibility index (Phi) is 6.21. The van der Waals surface area contributed by atoms with E-state index in [2.05, 4.69) is 35.0 Å². The van der Waals surface area contributed by atoms with Crippen molar-refractivity contribution in [3.8, 4) is 0 Å². The number of para-hydroxylation sites is 1. The van der Waals surface area contributed by atoms with Crippen molar-refractivity contribution in [2.24, 2.45) is 0 Å². The lowest BCUT2D eigenvalue weighted by atomic mass is 10.2. The van der Waals surface area contributed by atoms with Gasteiger partial charge in [0.25, 0.3) is 5.01 Å². The van der Waals surface area contributed by atoms with Gasteiger partial charge in [0, 0.05) is 29.1 Å². The Hall–Kier alpha value is -2.57. The van der Waals surface area contributed by atoms with Crippen LogP contribution in [0.2, 0.25) is 0 Å². The van der Waals surface area contributed by atoms with E-state index in [4.69, 9.17) is 11.6 Å². The molecule has 1 aliphatic carbocycles. The lowest BCUT2D eigenvalue weighted by Gasteiger charge is -2.09. The minimum absolute atomic E-state index is 0.380. The Morgan fingerprint density at radius 1 is 1.10 bits per heavy atom. The van der Waals surface area contributed by atoms with E-state index in [-0.39, 0.29) is 0 Å². The van der Waals surface area contributed by atoms with Crippen LogP contribution in [-0.4, -0.2) is 0 Å². The largest absolute Gasteiger partial charge is 0.416 e. The molecule has 7 heteroatoms. The molecule has 0 unspecified atom stereocenters. The van der Waals surface area contributed by atoms with Crippen LogP contribution < -0.4 is 9.88 Å². The summed E-state index contributed by atoms with van der Waals surface area (Å²) in [5.41, 5.74) is 2.83. The molecular formula is C24H21ClF3N2S+. The number of hydrogen-bond acceptors (Lipinski definition) is 2. The van der Waals surface area contributed by atoms with Crippen molar-refractivity contribution in [3.05, 3.63) is 87.6 Å². The summed E-state index contributed by atoms with van der Waals surface area (Å²) >= 11 is 8.31. The number of halogens is 4. The van der Waals surface area contributed by atoms with Crippen LogP contribution in [0.3, 0.4) is 0 Å². The molecule has 3 aromatic rings. The molecule has 1 aliphatic rings. The maximum Gasteiger partial charge on any atom is 0.416 e. The molecule has 1 N–H and O–H groups in total. The molecule has 0 bridgehead atoms. The van der Waals surface area contributed by atoms with Crippen LogP contribution in [0.5, 0.6) is 0 Å². The van der Waals surface area contributed by atoms with Crippen LogP contribution in [0, 0.1) is 0 Å². The number of fused-ring (bicyclic) bond motifs is 1. The first-order valence-corrected chi connectivity index (χ1v) is 11.2. The summed E-state index contributed by atoms with van der Waals surface area (Å²) in [5, 5.41) is 4.76. The highest BCUT2D eigenvalue weighted by molar-refractivity contribution is 7.18. The predicted octanol–water partition coefficient (Wildman–Crippen LogP) is 7.52. The van der Waals surface area contributed by atoms with Gasteiger partial charge in [-0.05, 0) is 55.2 Å². The number of benzene rings is 2. The van der Waals surface area contributed by atoms with Crippen LogP contribution >= 0.6 is 22.9 Å². The standard InChI is InChI=1S/C24H20ClF3N2S/c1-2-30-20-8-3-4-9-21(20)31-22(30)13-12-16-10-11-17(23(16)25)15-29-19-7-5-6-18(14-19)24(26,27)28/h3-9,12-15H,2,10-11H2,1H3/p+1. The van der Waals surface area contributed by atoms with Crippen LogP contribution in [0.4, 0.5) is 18.9 Å². The molecule has 0 fully saturated rings. The molecule has 4 rings (SSSR count). The first-order valence-electron chi connectivity index (χ1n) is 9.98. The zero-order valence-electron chi connectivity index (χ0n) is 16.8. The number of aryl methyl sites for hydroxylation is 1. The molecule has 0 saturated carbocycles. The van der Waals surface area contributed by atoms with Gasteiger partial charge in [-0.1, -0.05) is 47.2 Å². The van der Waals surface area contributed by atoms with E-state index in [0.29, 0.717) is 10.7 Å². The number of aromatic nitrogens is 1. The third-order valence-corrected chi connectivity index (χ3v) is 6.83. The van der Waals surface area contributed by atoms with Crippen molar-refractivity contribution in [2.45, 2.75) is 32.5 Å². The molecule has 1 aromatic heterocycles. The summed E-state index contributed by atoms with van der Waals surface area (Å²) in [6, 6.07) is 13.5. The van der Waals surface area contributed by atoms with Crippen molar-refractivity contribution in [1.29, 1.82) is 0 Å². The van der Waals surface area contributed by atoms with Crippen molar-refractivity contribution >= 4 is 44.9 Å². The average molecular weight is 462 g/mol. The number of rotatable bonds is 5. The Morgan fingerprint density at radius 2 is 1.90 bits per heavy atom. The second-order valence-corrected chi connectivity index (χ2v) is 8.66. The van der Waals surface area contributed by atoms with Gasteiger partial charge in [-0.3, -0.25) is 0 Å². The van der Waals surface area contributed by atoms with E-state index in [9.17, 15) is 13.2 Å². The average Bonchev–Trinajstić information content (AvgIpc) is 3.29. The lowest BCUT2D eigenvalue weighted by molar-refractivity contribution is -0.665. The van der Waals surface area contributed by atoms with Gasteiger partial charge in [0.15, 0.2) is 0 Å². The minimum Gasteiger partial charge on any atom is -0.361 e. The smallest absolute Gasteiger partial charge is 0.361 e. The maximum absolute atomic E-state index is 12.9. The number of thiazole rings is 1. The van der Waals surface area contributed by atoms with Gasteiger partial charge in [0.1, 0.15) is 11.2 Å². The van der Waals surface area contributed by atoms with Gasteiger partial charge in [-0.15, -0.1) is 0 Å². The van der Waals surface area contributed by atoms with Crippen molar-refractivity contribution in [1.82, 2.24) is 0 Å².